The van der Waals surface area contributed by atoms with E-state index in [0.717, 1.165) is 35.2 Å². The van der Waals surface area contributed by atoms with Crippen molar-refractivity contribution < 1.29 is 22.5 Å². The van der Waals surface area contributed by atoms with Crippen LogP contribution in [0.1, 0.15) is 56.5 Å². The van der Waals surface area contributed by atoms with Gasteiger partial charge in [-0.15, -0.1) is 0 Å². The third-order valence-corrected chi connectivity index (χ3v) is 7.43. The molecule has 34 heavy (non-hydrogen) atoms. The predicted molar refractivity (Wildman–Crippen MR) is 126 cm³/mol. The maximum atomic E-state index is 12.8. The van der Waals surface area contributed by atoms with Crippen molar-refractivity contribution >= 4 is 20.9 Å². The lowest BCUT2D eigenvalue weighted by molar-refractivity contribution is -0.143. The van der Waals surface area contributed by atoms with Crippen molar-refractivity contribution in [3.8, 4) is 11.1 Å². The van der Waals surface area contributed by atoms with Gasteiger partial charge in [0.15, 0.2) is 0 Å². The topological polar surface area (TPSA) is 80.4 Å². The lowest BCUT2D eigenvalue weighted by Gasteiger charge is -2.25. The predicted octanol–water partition coefficient (Wildman–Crippen LogP) is 4.65. The minimum Gasteiger partial charge on any atom is -0.393 e. The summed E-state index contributed by atoms with van der Waals surface area (Å²) in [4.78, 5) is 8.70. The third kappa shape index (κ3) is 5.60. The van der Waals surface area contributed by atoms with Gasteiger partial charge in [0.1, 0.15) is 10.9 Å². The Labute approximate surface area is 197 Å². The molecule has 0 saturated heterocycles. The highest BCUT2D eigenvalue weighted by molar-refractivity contribution is 7.99. The monoisotopic (exact) mass is 494 g/mol. The van der Waals surface area contributed by atoms with Crippen molar-refractivity contribution in [3.63, 3.8) is 0 Å². The van der Waals surface area contributed by atoms with E-state index in [9.17, 15) is 22.5 Å². The van der Waals surface area contributed by atoms with Crippen LogP contribution in [0.5, 0.6) is 0 Å². The summed E-state index contributed by atoms with van der Waals surface area (Å²) >= 11 is 0. The van der Waals surface area contributed by atoms with E-state index in [-0.39, 0.29) is 18.4 Å². The number of rotatable bonds is 6. The molecule has 4 rings (SSSR count). The Bertz CT molecular complexity index is 1260. The van der Waals surface area contributed by atoms with Gasteiger partial charge in [0.05, 0.1) is 17.8 Å². The molecule has 1 fully saturated rings. The van der Waals surface area contributed by atoms with Gasteiger partial charge >= 0.3 is 6.18 Å². The molecular formula is C24H29F3N4O2S. The highest BCUT2D eigenvalue weighted by atomic mass is 32.2. The molecule has 3 aromatic heterocycles. The zero-order chi connectivity index (χ0) is 24.7. The highest BCUT2D eigenvalue weighted by Gasteiger charge is 2.31. The van der Waals surface area contributed by atoms with Crippen LogP contribution in [-0.2, 0) is 15.9 Å². The van der Waals surface area contributed by atoms with Gasteiger partial charge in [-0.25, -0.2) is 14.5 Å². The number of nitrogens with zero attached hydrogens (tertiary/aromatic N) is 4. The average Bonchev–Trinajstić information content (AvgIpc) is 3.11. The largest absolute Gasteiger partial charge is 0.393 e. The molecule has 10 heteroatoms. The van der Waals surface area contributed by atoms with Crippen molar-refractivity contribution in [2.45, 2.75) is 68.7 Å². The molecule has 0 spiro atoms. The summed E-state index contributed by atoms with van der Waals surface area (Å²) in [7, 11) is -2.44. The van der Waals surface area contributed by atoms with Crippen LogP contribution >= 0.6 is 0 Å². The van der Waals surface area contributed by atoms with Crippen LogP contribution in [0.2, 0.25) is 0 Å². The minimum atomic E-state index is -4.23. The number of pyridine rings is 1. The van der Waals surface area contributed by atoms with Gasteiger partial charge in [0.25, 0.3) is 0 Å². The van der Waals surface area contributed by atoms with Crippen LogP contribution < -0.4 is 0 Å². The van der Waals surface area contributed by atoms with Gasteiger partial charge in [-0.1, -0.05) is 13.0 Å². The van der Waals surface area contributed by atoms with Gasteiger partial charge in [0, 0.05) is 57.6 Å². The summed E-state index contributed by atoms with van der Waals surface area (Å²) in [6.07, 6.45) is 2.51. The molecule has 2 atom stereocenters. The van der Waals surface area contributed by atoms with Crippen molar-refractivity contribution in [2.75, 3.05) is 6.26 Å². The first kappa shape index (κ1) is 24.7. The van der Waals surface area contributed by atoms with E-state index in [2.05, 4.69) is 20.9 Å². The lowest BCUT2D eigenvalue weighted by Crippen LogP contribution is -2.19. The lowest BCUT2D eigenvalue weighted by atomic mass is 9.85. The molecule has 6 nitrogen and oxygen atoms in total. The molecule has 1 aliphatic rings. The normalized spacial score (nSPS) is 21.9. The van der Waals surface area contributed by atoms with E-state index in [0.29, 0.717) is 23.7 Å². The summed E-state index contributed by atoms with van der Waals surface area (Å²) in [5.74, 6) is 3.56. The van der Waals surface area contributed by atoms with Crippen LogP contribution in [-0.4, -0.2) is 53.3 Å². The number of hydrogen-bond donors (Lipinski definition) is 1. The molecule has 0 aliphatic heterocycles. The number of fused-ring (bicyclic) bond motifs is 1. The molecule has 184 valence electrons. The standard InChI is InChI=1S/C24H29F3N4O2S/c1-15(12-24(25,26)27)10-22-28-14-21-19(17-6-9-23(29-13-17)34(2,3)33)11-20(31(21)30-22)16-4-7-18(32)8-5-16/h6,9,11,13-16,18,32H,2,4-5,7-8,10,12H2,1,3H3/t15-,16?,18?,34?/m1/s1. The minimum absolute atomic E-state index is 0.121. The molecule has 3 heterocycles. The molecular weight excluding hydrogens is 465 g/mol. The molecule has 0 bridgehead atoms. The quantitative estimate of drug-likeness (QED) is 0.505. The Morgan fingerprint density at radius 3 is 2.50 bits per heavy atom. The van der Waals surface area contributed by atoms with Gasteiger partial charge in [-0.05, 0) is 49.6 Å². The van der Waals surface area contributed by atoms with Crippen LogP contribution in [0.3, 0.4) is 0 Å². The van der Waals surface area contributed by atoms with Crippen molar-refractivity contribution in [2.24, 2.45) is 5.92 Å². The summed E-state index contributed by atoms with van der Waals surface area (Å²) in [5.41, 5.74) is 3.33. The molecule has 1 unspecified atom stereocenters. The number of aromatic nitrogens is 4. The fourth-order valence-corrected chi connectivity index (χ4v) is 5.24. The molecule has 0 radical (unpaired) electrons. The van der Waals surface area contributed by atoms with Crippen molar-refractivity contribution in [3.05, 3.63) is 42.1 Å². The smallest absolute Gasteiger partial charge is 0.389 e. The van der Waals surface area contributed by atoms with E-state index in [4.69, 9.17) is 0 Å². The van der Waals surface area contributed by atoms with Crippen LogP contribution in [0.25, 0.3) is 16.6 Å². The number of hydrogen-bond acceptors (Lipinski definition) is 5. The second kappa shape index (κ2) is 9.30. The molecule has 1 aliphatic carbocycles. The van der Waals surface area contributed by atoms with E-state index >= 15 is 0 Å². The van der Waals surface area contributed by atoms with E-state index in [1.807, 2.05) is 12.1 Å². The zero-order valence-electron chi connectivity index (χ0n) is 19.3. The summed E-state index contributed by atoms with van der Waals surface area (Å²) in [6, 6.07) is 5.55. The SMILES string of the molecule is C=S(C)(=O)c1ccc(-c2cc(C3CCC(O)CC3)n3nc(C[C@@H](C)CC(F)(F)F)ncc23)cn1. The van der Waals surface area contributed by atoms with E-state index in [1.54, 1.807) is 29.9 Å². The maximum Gasteiger partial charge on any atom is 0.389 e. The van der Waals surface area contributed by atoms with E-state index in [1.165, 1.54) is 6.26 Å². The second-order valence-electron chi connectivity index (χ2n) is 9.48. The maximum absolute atomic E-state index is 12.8. The molecule has 0 amide bonds. The number of halogens is 3. The van der Waals surface area contributed by atoms with Crippen LogP contribution in [0, 0.1) is 5.92 Å². The fourth-order valence-electron chi connectivity index (χ4n) is 4.61. The first-order valence-corrected chi connectivity index (χ1v) is 13.5. The second-order valence-corrected chi connectivity index (χ2v) is 11.9. The summed E-state index contributed by atoms with van der Waals surface area (Å²) in [5, 5.41) is 15.0. The Kier molecular flexibility index (Phi) is 6.74. The summed E-state index contributed by atoms with van der Waals surface area (Å²) in [6.45, 7) is 1.55. The Morgan fingerprint density at radius 2 is 1.91 bits per heavy atom. The van der Waals surface area contributed by atoms with Crippen LogP contribution in [0.15, 0.2) is 35.6 Å². The Morgan fingerprint density at radius 1 is 1.21 bits per heavy atom. The van der Waals surface area contributed by atoms with Gasteiger partial charge in [-0.3, -0.25) is 4.21 Å². The van der Waals surface area contributed by atoms with E-state index < -0.39 is 28.0 Å². The fraction of sp³-hybridized carbons (Fsp3) is 0.500. The number of alkyl halides is 3. The molecule has 1 N–H and O–H groups in total. The van der Waals surface area contributed by atoms with Gasteiger partial charge in [-0.2, -0.15) is 18.3 Å². The van der Waals surface area contributed by atoms with Crippen LogP contribution in [0.4, 0.5) is 13.2 Å². The summed E-state index contributed by atoms with van der Waals surface area (Å²) < 4.78 is 52.4. The first-order valence-electron chi connectivity index (χ1n) is 11.3. The average molecular weight is 495 g/mol. The molecule has 3 aromatic rings. The Balaban J connectivity index is 1.74. The highest BCUT2D eigenvalue weighted by Crippen LogP contribution is 2.37. The molecule has 1 saturated carbocycles. The Hall–Kier alpha value is -2.46. The first-order chi connectivity index (χ1) is 15.9. The van der Waals surface area contributed by atoms with Crippen molar-refractivity contribution in [1.29, 1.82) is 0 Å². The third-order valence-electron chi connectivity index (χ3n) is 6.31. The molecule has 0 aromatic carbocycles. The number of aliphatic hydroxyl groups is 1. The van der Waals surface area contributed by atoms with Crippen molar-refractivity contribution in [1.82, 2.24) is 19.6 Å². The van der Waals surface area contributed by atoms with Gasteiger partial charge < -0.3 is 5.11 Å². The van der Waals surface area contributed by atoms with Gasteiger partial charge in [0.2, 0.25) is 0 Å². The zero-order valence-corrected chi connectivity index (χ0v) is 20.1. The number of aliphatic hydroxyl groups excluding tert-OH is 1.